The number of carbonyl (C=O) groups is 1. The van der Waals surface area contributed by atoms with Crippen LogP contribution in [0, 0.1) is 0 Å². The number of thioether (sulfide) groups is 1. The van der Waals surface area contributed by atoms with E-state index in [1.54, 1.807) is 23.9 Å². The van der Waals surface area contributed by atoms with Crippen LogP contribution in [0.2, 0.25) is 5.02 Å². The Morgan fingerprint density at radius 1 is 1.07 bits per heavy atom. The molecule has 2 aromatic rings. The smallest absolute Gasteiger partial charge is 0.240 e. The monoisotopic (exact) mass is 454 g/mol. The molecule has 2 aromatic carbocycles. The first-order valence-electron chi connectivity index (χ1n) is 9.20. The predicted molar refractivity (Wildman–Crippen MR) is 123 cm³/mol. The van der Waals surface area contributed by atoms with Crippen molar-refractivity contribution in [2.45, 2.75) is 31.1 Å². The maximum Gasteiger partial charge on any atom is 0.240 e. The first-order valence-corrected chi connectivity index (χ1v) is 12.4. The van der Waals surface area contributed by atoms with Crippen LogP contribution in [0.5, 0.6) is 0 Å². The van der Waals surface area contributed by atoms with E-state index in [4.69, 9.17) is 11.6 Å². The summed E-state index contributed by atoms with van der Waals surface area (Å²) in [5, 5.41) is 3.46. The van der Waals surface area contributed by atoms with E-state index in [1.807, 2.05) is 36.4 Å². The van der Waals surface area contributed by atoms with E-state index in [-0.39, 0.29) is 17.9 Å². The fourth-order valence-electron chi connectivity index (χ4n) is 2.60. The fraction of sp³-hybridized carbons (Fsp3) is 0.381. The molecule has 1 N–H and O–H groups in total. The number of hydrogen-bond donors (Lipinski definition) is 1. The minimum atomic E-state index is -3.58. The third-order valence-corrected chi connectivity index (χ3v) is 6.62. The van der Waals surface area contributed by atoms with Gasteiger partial charge in [-0.15, -0.1) is 11.8 Å². The number of halogens is 1. The number of carbonyl (C=O) groups excluding carboxylic acids is 1. The van der Waals surface area contributed by atoms with E-state index >= 15 is 0 Å². The van der Waals surface area contributed by atoms with Crippen LogP contribution in [0.15, 0.2) is 53.4 Å². The van der Waals surface area contributed by atoms with Crippen LogP contribution in [0.3, 0.4) is 0 Å². The van der Waals surface area contributed by atoms with Gasteiger partial charge in [-0.05, 0) is 47.4 Å². The first-order chi connectivity index (χ1) is 13.5. The fourth-order valence-corrected chi connectivity index (χ4v) is 4.35. The Labute approximate surface area is 182 Å². The van der Waals surface area contributed by atoms with Gasteiger partial charge in [-0.3, -0.25) is 9.10 Å². The molecule has 0 radical (unpaired) electrons. The van der Waals surface area contributed by atoms with Gasteiger partial charge in [-0.25, -0.2) is 8.42 Å². The molecule has 0 atom stereocenters. The summed E-state index contributed by atoms with van der Waals surface area (Å²) >= 11 is 7.45. The zero-order valence-corrected chi connectivity index (χ0v) is 19.5. The number of nitrogens with zero attached hydrogens (tertiary/aromatic N) is 1. The second-order valence-electron chi connectivity index (χ2n) is 7.72. The summed E-state index contributed by atoms with van der Waals surface area (Å²) in [4.78, 5) is 13.4. The van der Waals surface area contributed by atoms with Crippen molar-refractivity contribution in [3.8, 4) is 0 Å². The highest BCUT2D eigenvalue weighted by Gasteiger charge is 2.21. The van der Waals surface area contributed by atoms with Gasteiger partial charge >= 0.3 is 0 Å². The highest BCUT2D eigenvalue weighted by molar-refractivity contribution is 7.99. The molecule has 0 aromatic heterocycles. The van der Waals surface area contributed by atoms with Gasteiger partial charge in [0, 0.05) is 22.2 Å². The Morgan fingerprint density at radius 3 is 2.17 bits per heavy atom. The molecule has 0 saturated heterocycles. The second kappa shape index (κ2) is 9.87. The molecule has 1 amide bonds. The molecule has 2 rings (SSSR count). The average Bonchev–Trinajstić information content (AvgIpc) is 2.63. The molecule has 0 fully saturated rings. The molecule has 0 aliphatic rings. The summed E-state index contributed by atoms with van der Waals surface area (Å²) in [6.07, 6.45) is 1.11. The van der Waals surface area contributed by atoms with E-state index in [0.29, 0.717) is 23.0 Å². The summed E-state index contributed by atoms with van der Waals surface area (Å²) in [6, 6.07) is 14.7. The van der Waals surface area contributed by atoms with E-state index in [0.717, 1.165) is 21.0 Å². The lowest BCUT2D eigenvalue weighted by Gasteiger charge is -2.24. The third-order valence-electron chi connectivity index (χ3n) is 4.22. The normalized spacial score (nSPS) is 11.9. The van der Waals surface area contributed by atoms with Gasteiger partial charge in [0.05, 0.1) is 11.9 Å². The summed E-state index contributed by atoms with van der Waals surface area (Å²) in [5.41, 5.74) is 1.54. The molecule has 0 spiro atoms. The number of rotatable bonds is 8. The van der Waals surface area contributed by atoms with Gasteiger partial charge < -0.3 is 5.32 Å². The topological polar surface area (TPSA) is 66.5 Å². The highest BCUT2D eigenvalue weighted by atomic mass is 35.5. The SMILES string of the molecule is CC(C)(C)c1ccc(N(CC(=O)NCCSc2ccc(Cl)cc2)S(C)(=O)=O)cc1. The average molecular weight is 455 g/mol. The minimum absolute atomic E-state index is 0.0341. The maximum absolute atomic E-state index is 12.3. The van der Waals surface area contributed by atoms with Crippen molar-refractivity contribution in [2.75, 3.05) is 29.4 Å². The quantitative estimate of drug-likeness (QED) is 0.476. The molecular weight excluding hydrogens is 428 g/mol. The number of nitrogens with one attached hydrogen (secondary N) is 1. The number of hydrogen-bond acceptors (Lipinski definition) is 4. The van der Waals surface area contributed by atoms with Gasteiger partial charge in [-0.2, -0.15) is 0 Å². The Kier molecular flexibility index (Phi) is 8.02. The van der Waals surface area contributed by atoms with Crippen LogP contribution in [0.1, 0.15) is 26.3 Å². The summed E-state index contributed by atoms with van der Waals surface area (Å²) in [5.74, 6) is 0.332. The standard InChI is InChI=1S/C21H27ClN2O3S2/c1-21(2,3)16-5-9-18(10-6-16)24(29(4,26)27)15-20(25)23-13-14-28-19-11-7-17(22)8-12-19/h5-12H,13-15H2,1-4H3,(H,23,25). The Balaban J connectivity index is 1.94. The molecular formula is C21H27ClN2O3S2. The summed E-state index contributed by atoms with van der Waals surface area (Å²) in [6.45, 7) is 6.45. The van der Waals surface area contributed by atoms with Crippen LogP contribution >= 0.6 is 23.4 Å². The van der Waals surface area contributed by atoms with Crippen LogP contribution < -0.4 is 9.62 Å². The number of anilines is 1. The largest absolute Gasteiger partial charge is 0.354 e. The Morgan fingerprint density at radius 2 is 1.66 bits per heavy atom. The van der Waals surface area contributed by atoms with E-state index in [2.05, 4.69) is 26.1 Å². The Hall–Kier alpha value is -1.70. The van der Waals surface area contributed by atoms with Crippen molar-refractivity contribution < 1.29 is 13.2 Å². The van der Waals surface area contributed by atoms with Crippen molar-refractivity contribution in [1.82, 2.24) is 5.32 Å². The Bertz CT molecular complexity index is 922. The van der Waals surface area contributed by atoms with E-state index in [9.17, 15) is 13.2 Å². The molecule has 8 heteroatoms. The lowest BCUT2D eigenvalue weighted by atomic mass is 9.87. The van der Waals surface area contributed by atoms with Gasteiger partial charge in [-0.1, -0.05) is 44.5 Å². The zero-order valence-electron chi connectivity index (χ0n) is 17.1. The van der Waals surface area contributed by atoms with Crippen molar-refractivity contribution in [3.05, 3.63) is 59.1 Å². The summed E-state index contributed by atoms with van der Waals surface area (Å²) in [7, 11) is -3.58. The van der Waals surface area contributed by atoms with Crippen LogP contribution in [0.25, 0.3) is 0 Å². The molecule has 0 unspecified atom stereocenters. The van der Waals surface area contributed by atoms with Gasteiger partial charge in [0.15, 0.2) is 0 Å². The molecule has 0 aliphatic heterocycles. The molecule has 0 bridgehead atoms. The number of benzene rings is 2. The van der Waals surface area contributed by atoms with Gasteiger partial charge in [0.1, 0.15) is 6.54 Å². The molecule has 5 nitrogen and oxygen atoms in total. The molecule has 29 heavy (non-hydrogen) atoms. The number of sulfonamides is 1. The van der Waals surface area contributed by atoms with Gasteiger partial charge in [0.2, 0.25) is 15.9 Å². The third kappa shape index (κ3) is 7.57. The molecule has 158 valence electrons. The van der Waals surface area contributed by atoms with Crippen molar-refractivity contribution in [1.29, 1.82) is 0 Å². The van der Waals surface area contributed by atoms with Gasteiger partial charge in [0.25, 0.3) is 0 Å². The second-order valence-corrected chi connectivity index (χ2v) is 11.2. The lowest BCUT2D eigenvalue weighted by molar-refractivity contribution is -0.119. The highest BCUT2D eigenvalue weighted by Crippen LogP contribution is 2.26. The van der Waals surface area contributed by atoms with Crippen LogP contribution in [-0.4, -0.2) is 39.4 Å². The molecule has 0 saturated carbocycles. The summed E-state index contributed by atoms with van der Waals surface area (Å²) < 4.78 is 25.6. The molecule has 0 heterocycles. The van der Waals surface area contributed by atoms with Crippen molar-refractivity contribution in [2.24, 2.45) is 0 Å². The number of amides is 1. The lowest BCUT2D eigenvalue weighted by Crippen LogP contribution is -2.41. The van der Waals surface area contributed by atoms with Crippen molar-refractivity contribution >= 4 is 45.0 Å². The van der Waals surface area contributed by atoms with Crippen LogP contribution in [-0.2, 0) is 20.2 Å². The maximum atomic E-state index is 12.3. The first kappa shape index (κ1) is 23.6. The van der Waals surface area contributed by atoms with E-state index < -0.39 is 10.0 Å². The predicted octanol–water partition coefficient (Wildman–Crippen LogP) is 4.31. The van der Waals surface area contributed by atoms with Crippen molar-refractivity contribution in [3.63, 3.8) is 0 Å². The van der Waals surface area contributed by atoms with Crippen LogP contribution in [0.4, 0.5) is 5.69 Å². The zero-order chi connectivity index (χ0) is 21.7. The molecule has 0 aliphatic carbocycles. The van der Waals surface area contributed by atoms with E-state index in [1.165, 1.54) is 0 Å². The minimum Gasteiger partial charge on any atom is -0.354 e.